The molecule has 112 valence electrons. The Morgan fingerprint density at radius 1 is 1.14 bits per heavy atom. The quantitative estimate of drug-likeness (QED) is 0.709. The summed E-state index contributed by atoms with van der Waals surface area (Å²) in [5, 5.41) is 3.30. The zero-order valence-corrected chi connectivity index (χ0v) is 14.3. The van der Waals surface area contributed by atoms with Crippen molar-refractivity contribution in [1.82, 2.24) is 4.90 Å². The van der Waals surface area contributed by atoms with Crippen molar-refractivity contribution in [3.8, 4) is 0 Å². The zero-order chi connectivity index (χ0) is 15.2. The highest BCUT2D eigenvalue weighted by Gasteiger charge is 2.17. The molecule has 0 unspecified atom stereocenters. The molecule has 2 nitrogen and oxygen atoms in total. The molecule has 0 saturated heterocycles. The fourth-order valence-corrected chi connectivity index (χ4v) is 2.86. The topological polar surface area (TPSA) is 20.3 Å². The minimum Gasteiger partial charge on any atom is -0.340 e. The first kappa shape index (κ1) is 16.0. The molecule has 0 aliphatic rings. The number of nitrogens with zero attached hydrogens (tertiary/aromatic N) is 1. The van der Waals surface area contributed by atoms with Gasteiger partial charge in [0.25, 0.3) is 0 Å². The molecule has 0 aliphatic heterocycles. The number of fused-ring (bicyclic) bond motifs is 1. The van der Waals surface area contributed by atoms with Crippen LogP contribution >= 0.6 is 15.9 Å². The second-order valence-corrected chi connectivity index (χ2v) is 6.33. The molecule has 21 heavy (non-hydrogen) atoms. The van der Waals surface area contributed by atoms with Crippen LogP contribution in [0.2, 0.25) is 0 Å². The third-order valence-electron chi connectivity index (χ3n) is 3.70. The number of hydrogen-bond acceptors (Lipinski definition) is 1. The Hall–Kier alpha value is -1.35. The predicted molar refractivity (Wildman–Crippen MR) is 92.9 cm³/mol. The first-order valence-electron chi connectivity index (χ1n) is 7.45. The van der Waals surface area contributed by atoms with E-state index in [-0.39, 0.29) is 11.9 Å². The van der Waals surface area contributed by atoms with E-state index in [1.807, 2.05) is 23.1 Å². The van der Waals surface area contributed by atoms with Crippen molar-refractivity contribution in [2.24, 2.45) is 0 Å². The number of hydrogen-bond donors (Lipinski definition) is 0. The van der Waals surface area contributed by atoms with E-state index in [9.17, 15) is 4.79 Å². The average Bonchev–Trinajstić information content (AvgIpc) is 2.47. The van der Waals surface area contributed by atoms with Gasteiger partial charge in [0, 0.05) is 17.9 Å². The maximum Gasteiger partial charge on any atom is 0.227 e. The number of amides is 1. The van der Waals surface area contributed by atoms with Crippen molar-refractivity contribution in [2.75, 3.05) is 11.9 Å². The van der Waals surface area contributed by atoms with Crippen LogP contribution in [0.5, 0.6) is 0 Å². The van der Waals surface area contributed by atoms with E-state index in [1.165, 1.54) is 10.8 Å². The molecule has 0 aliphatic carbocycles. The van der Waals surface area contributed by atoms with E-state index in [0.717, 1.165) is 23.9 Å². The molecular formula is C18H22BrNO. The van der Waals surface area contributed by atoms with E-state index in [4.69, 9.17) is 0 Å². The lowest BCUT2D eigenvalue weighted by Gasteiger charge is -2.27. The fourth-order valence-electron chi connectivity index (χ4n) is 2.61. The van der Waals surface area contributed by atoms with Crippen molar-refractivity contribution in [1.29, 1.82) is 0 Å². The maximum atomic E-state index is 12.6. The fraction of sp³-hybridized carbons (Fsp3) is 0.389. The molecule has 0 atom stereocenters. The largest absolute Gasteiger partial charge is 0.340 e. The number of carbonyl (C=O) groups is 1. The van der Waals surface area contributed by atoms with Gasteiger partial charge in [-0.05, 0) is 36.6 Å². The van der Waals surface area contributed by atoms with E-state index in [0.29, 0.717) is 6.42 Å². The molecule has 2 rings (SSSR count). The van der Waals surface area contributed by atoms with Crippen LogP contribution in [0.3, 0.4) is 0 Å². The van der Waals surface area contributed by atoms with Crippen molar-refractivity contribution in [3.63, 3.8) is 0 Å². The summed E-state index contributed by atoms with van der Waals surface area (Å²) in [5.74, 6) is 0.210. The molecule has 0 aromatic heterocycles. The highest BCUT2D eigenvalue weighted by molar-refractivity contribution is 9.09. The lowest BCUT2D eigenvalue weighted by molar-refractivity contribution is -0.132. The van der Waals surface area contributed by atoms with Crippen molar-refractivity contribution >= 4 is 32.6 Å². The second-order valence-electron chi connectivity index (χ2n) is 5.54. The molecule has 0 bridgehead atoms. The molecule has 2 aromatic rings. The van der Waals surface area contributed by atoms with Gasteiger partial charge in [0.1, 0.15) is 0 Å². The monoisotopic (exact) mass is 347 g/mol. The number of benzene rings is 2. The van der Waals surface area contributed by atoms with Gasteiger partial charge in [0.05, 0.1) is 6.42 Å². The Labute approximate surface area is 135 Å². The third-order valence-corrected chi connectivity index (χ3v) is 4.26. The Bertz CT molecular complexity index is 604. The van der Waals surface area contributed by atoms with Crippen LogP contribution in [-0.4, -0.2) is 28.7 Å². The summed E-state index contributed by atoms with van der Waals surface area (Å²) in [4.78, 5) is 14.6. The first-order valence-corrected chi connectivity index (χ1v) is 8.57. The molecule has 0 spiro atoms. The highest BCUT2D eigenvalue weighted by Crippen LogP contribution is 2.20. The van der Waals surface area contributed by atoms with Crippen LogP contribution in [0.4, 0.5) is 0 Å². The van der Waals surface area contributed by atoms with Gasteiger partial charge in [-0.1, -0.05) is 58.4 Å². The van der Waals surface area contributed by atoms with Crippen LogP contribution < -0.4 is 0 Å². The maximum absolute atomic E-state index is 12.6. The van der Waals surface area contributed by atoms with Crippen LogP contribution in [0.25, 0.3) is 10.8 Å². The lowest BCUT2D eigenvalue weighted by atomic mass is 10.0. The van der Waals surface area contributed by atoms with Gasteiger partial charge in [-0.15, -0.1) is 0 Å². The Balaban J connectivity index is 2.20. The van der Waals surface area contributed by atoms with Crippen molar-refractivity contribution < 1.29 is 4.79 Å². The van der Waals surface area contributed by atoms with E-state index < -0.39 is 0 Å². The Morgan fingerprint density at radius 2 is 1.86 bits per heavy atom. The summed E-state index contributed by atoms with van der Waals surface area (Å²) >= 11 is 3.44. The summed E-state index contributed by atoms with van der Waals surface area (Å²) in [6.45, 7) is 4.97. The summed E-state index contributed by atoms with van der Waals surface area (Å²) in [7, 11) is 0. The highest BCUT2D eigenvalue weighted by atomic mass is 79.9. The average molecular weight is 348 g/mol. The summed E-state index contributed by atoms with van der Waals surface area (Å²) < 4.78 is 0. The van der Waals surface area contributed by atoms with Gasteiger partial charge < -0.3 is 4.90 Å². The van der Waals surface area contributed by atoms with Crippen molar-refractivity contribution in [2.45, 2.75) is 32.7 Å². The number of rotatable bonds is 6. The first-order chi connectivity index (χ1) is 10.1. The van der Waals surface area contributed by atoms with Gasteiger partial charge >= 0.3 is 0 Å². The molecule has 0 heterocycles. The SMILES string of the molecule is CC(C)N(CCCBr)C(=O)Cc1cccc2ccccc12. The lowest BCUT2D eigenvalue weighted by Crippen LogP contribution is -2.38. The van der Waals surface area contributed by atoms with Gasteiger partial charge in [-0.25, -0.2) is 0 Å². The van der Waals surface area contributed by atoms with E-state index in [1.54, 1.807) is 0 Å². The summed E-state index contributed by atoms with van der Waals surface area (Å²) in [5.41, 5.74) is 1.11. The van der Waals surface area contributed by atoms with Crippen LogP contribution in [0.15, 0.2) is 42.5 Å². The molecule has 0 saturated carbocycles. The van der Waals surface area contributed by atoms with E-state index in [2.05, 4.69) is 54.0 Å². The standard InChI is InChI=1S/C18H22BrNO/c1-14(2)20(12-6-11-19)18(21)13-16-9-5-8-15-7-3-4-10-17(15)16/h3-5,7-10,14H,6,11-13H2,1-2H3. The van der Waals surface area contributed by atoms with Gasteiger partial charge in [0.2, 0.25) is 5.91 Å². The minimum absolute atomic E-state index is 0.210. The van der Waals surface area contributed by atoms with Crippen molar-refractivity contribution in [3.05, 3.63) is 48.0 Å². The van der Waals surface area contributed by atoms with Gasteiger partial charge in [0.15, 0.2) is 0 Å². The molecule has 0 radical (unpaired) electrons. The third kappa shape index (κ3) is 4.07. The number of halogens is 1. The minimum atomic E-state index is 0.210. The molecule has 3 heteroatoms. The van der Waals surface area contributed by atoms with Gasteiger partial charge in [-0.2, -0.15) is 0 Å². The molecule has 0 N–H and O–H groups in total. The van der Waals surface area contributed by atoms with Crippen LogP contribution in [0, 0.1) is 0 Å². The normalized spacial score (nSPS) is 11.0. The number of carbonyl (C=O) groups excluding carboxylic acids is 1. The Morgan fingerprint density at radius 3 is 2.57 bits per heavy atom. The van der Waals surface area contributed by atoms with Gasteiger partial charge in [-0.3, -0.25) is 4.79 Å². The molecular weight excluding hydrogens is 326 g/mol. The number of alkyl halides is 1. The van der Waals surface area contributed by atoms with Crippen LogP contribution in [-0.2, 0) is 11.2 Å². The van der Waals surface area contributed by atoms with E-state index >= 15 is 0 Å². The molecule has 2 aromatic carbocycles. The smallest absolute Gasteiger partial charge is 0.227 e. The Kier molecular flexibility index (Phi) is 5.80. The zero-order valence-electron chi connectivity index (χ0n) is 12.7. The summed E-state index contributed by atoms with van der Waals surface area (Å²) in [6.07, 6.45) is 1.46. The molecule has 0 fully saturated rings. The van der Waals surface area contributed by atoms with Crippen LogP contribution in [0.1, 0.15) is 25.8 Å². The summed E-state index contributed by atoms with van der Waals surface area (Å²) in [6, 6.07) is 14.7. The predicted octanol–water partition coefficient (Wildman–Crippen LogP) is 4.40. The molecule has 1 amide bonds. The second kappa shape index (κ2) is 7.60.